The van der Waals surface area contributed by atoms with Crippen molar-refractivity contribution in [2.45, 2.75) is 32.3 Å². The van der Waals surface area contributed by atoms with Gasteiger partial charge in [-0.3, -0.25) is 9.78 Å². The van der Waals surface area contributed by atoms with Crippen LogP contribution in [0.1, 0.15) is 31.2 Å². The number of amides is 1. The smallest absolute Gasteiger partial charge is 0.232 e. The van der Waals surface area contributed by atoms with E-state index < -0.39 is 0 Å². The van der Waals surface area contributed by atoms with E-state index in [1.807, 2.05) is 30.3 Å². The van der Waals surface area contributed by atoms with Gasteiger partial charge in [-0.25, -0.2) is 0 Å². The molecule has 2 fully saturated rings. The van der Waals surface area contributed by atoms with Gasteiger partial charge in [0.05, 0.1) is 12.5 Å². The Labute approximate surface area is 190 Å². The van der Waals surface area contributed by atoms with Crippen LogP contribution in [0.5, 0.6) is 11.5 Å². The maximum absolute atomic E-state index is 13.2. The molecule has 8 heteroatoms. The number of anilines is 1. The predicted octanol–water partition coefficient (Wildman–Crippen LogP) is 4.23. The van der Waals surface area contributed by atoms with Gasteiger partial charge in [-0.2, -0.15) is 0 Å². The number of pyridine rings is 1. The van der Waals surface area contributed by atoms with Gasteiger partial charge in [0.15, 0.2) is 11.5 Å². The van der Waals surface area contributed by atoms with Gasteiger partial charge in [0.2, 0.25) is 5.91 Å². The van der Waals surface area contributed by atoms with Gasteiger partial charge in [0.1, 0.15) is 6.61 Å². The van der Waals surface area contributed by atoms with Crippen LogP contribution in [0.2, 0.25) is 0 Å². The van der Waals surface area contributed by atoms with E-state index in [0.29, 0.717) is 24.0 Å². The molecule has 1 aromatic heterocycles. The molecule has 2 aromatic rings. The van der Waals surface area contributed by atoms with E-state index in [4.69, 9.17) is 9.47 Å². The molecule has 0 spiro atoms. The Balaban J connectivity index is 0.00000160. The Hall–Kier alpha value is -2.02. The third-order valence-corrected chi connectivity index (χ3v) is 6.06. The lowest BCUT2D eigenvalue weighted by Crippen LogP contribution is -2.44. The van der Waals surface area contributed by atoms with Crippen LogP contribution >= 0.6 is 24.8 Å². The molecule has 1 aromatic carbocycles. The molecule has 6 nitrogen and oxygen atoms in total. The molecule has 0 bridgehead atoms. The predicted molar refractivity (Wildman–Crippen MR) is 122 cm³/mol. The number of aromatic nitrogens is 1. The second-order valence-electron chi connectivity index (χ2n) is 7.69. The van der Waals surface area contributed by atoms with E-state index >= 15 is 0 Å². The van der Waals surface area contributed by atoms with Crippen molar-refractivity contribution in [2.75, 3.05) is 25.5 Å². The van der Waals surface area contributed by atoms with Gasteiger partial charge in [0.25, 0.3) is 0 Å². The Morgan fingerprint density at radius 1 is 1.20 bits per heavy atom. The van der Waals surface area contributed by atoms with Crippen molar-refractivity contribution in [3.05, 3.63) is 48.3 Å². The van der Waals surface area contributed by atoms with Gasteiger partial charge < -0.3 is 20.1 Å². The van der Waals surface area contributed by atoms with E-state index in [2.05, 4.69) is 15.6 Å². The number of hydrogen-bond donors (Lipinski definition) is 2. The number of rotatable bonds is 6. The minimum atomic E-state index is -0.282. The van der Waals surface area contributed by atoms with Crippen molar-refractivity contribution >= 4 is 36.4 Å². The zero-order valence-corrected chi connectivity index (χ0v) is 18.7. The van der Waals surface area contributed by atoms with Gasteiger partial charge in [-0.1, -0.05) is 12.8 Å². The summed E-state index contributed by atoms with van der Waals surface area (Å²) in [6.07, 6.45) is 7.90. The number of fused-ring (bicyclic) bond motifs is 1. The molecule has 1 aliphatic carbocycles. The van der Waals surface area contributed by atoms with E-state index in [1.165, 1.54) is 6.42 Å². The molecule has 2 atom stereocenters. The summed E-state index contributed by atoms with van der Waals surface area (Å²) in [7, 11) is 1.61. The molecule has 0 unspecified atom stereocenters. The zero-order chi connectivity index (χ0) is 19.4. The van der Waals surface area contributed by atoms with Crippen LogP contribution in [0, 0.1) is 11.3 Å². The molecule has 1 saturated carbocycles. The third kappa shape index (κ3) is 4.99. The van der Waals surface area contributed by atoms with Gasteiger partial charge in [-0.05, 0) is 55.1 Å². The first-order valence-electron chi connectivity index (χ1n) is 9.93. The van der Waals surface area contributed by atoms with Crippen molar-refractivity contribution in [1.82, 2.24) is 10.3 Å². The molecule has 1 amide bonds. The minimum Gasteiger partial charge on any atom is -0.493 e. The van der Waals surface area contributed by atoms with Crippen LogP contribution in [0.3, 0.4) is 0 Å². The van der Waals surface area contributed by atoms with E-state index in [1.54, 1.807) is 19.5 Å². The van der Waals surface area contributed by atoms with Crippen LogP contribution in [0.4, 0.5) is 5.69 Å². The van der Waals surface area contributed by atoms with Crippen LogP contribution < -0.4 is 20.1 Å². The number of nitrogens with zero attached hydrogens (tertiary/aromatic N) is 1. The van der Waals surface area contributed by atoms with E-state index in [-0.39, 0.29) is 36.1 Å². The second-order valence-corrected chi connectivity index (χ2v) is 7.69. The summed E-state index contributed by atoms with van der Waals surface area (Å²) >= 11 is 0. The number of halogens is 2. The molecule has 4 rings (SSSR count). The number of carbonyl (C=O) groups is 1. The molecule has 164 valence electrons. The average molecular weight is 454 g/mol. The summed E-state index contributed by atoms with van der Waals surface area (Å²) in [5.41, 5.74) is 1.48. The first-order valence-corrected chi connectivity index (χ1v) is 9.93. The van der Waals surface area contributed by atoms with Crippen LogP contribution in [0.15, 0.2) is 42.7 Å². The first-order chi connectivity index (χ1) is 13.7. The molecule has 0 radical (unpaired) electrons. The van der Waals surface area contributed by atoms with Crippen LogP contribution in [-0.4, -0.2) is 31.1 Å². The summed E-state index contributed by atoms with van der Waals surface area (Å²) in [6, 6.07) is 9.36. The van der Waals surface area contributed by atoms with Crippen molar-refractivity contribution in [2.24, 2.45) is 11.3 Å². The van der Waals surface area contributed by atoms with Crippen LogP contribution in [-0.2, 0) is 11.4 Å². The van der Waals surface area contributed by atoms with Crippen molar-refractivity contribution in [3.63, 3.8) is 0 Å². The maximum atomic E-state index is 13.2. The fourth-order valence-electron chi connectivity index (χ4n) is 4.45. The molecule has 1 saturated heterocycles. The molecule has 2 heterocycles. The molecule has 30 heavy (non-hydrogen) atoms. The Morgan fingerprint density at radius 3 is 2.77 bits per heavy atom. The topological polar surface area (TPSA) is 72.5 Å². The van der Waals surface area contributed by atoms with Crippen LogP contribution in [0.25, 0.3) is 0 Å². The number of ether oxygens (including phenoxy) is 2. The number of methoxy groups -OCH3 is 1. The van der Waals surface area contributed by atoms with Gasteiger partial charge in [-0.15, -0.1) is 24.8 Å². The standard InChI is InChI=1S/C22H27N3O3.2ClH/c1-27-19-6-5-18(12-20(19)28-14-16-7-10-23-11-8-16)25-21(26)22-9-3-2-4-17(22)13-24-15-22;;/h5-8,10-12,17,24H,2-4,9,13-15H2,1H3,(H,25,26);2*1H/t17-,22+;;/m0../s1. The average Bonchev–Trinajstić information content (AvgIpc) is 3.18. The van der Waals surface area contributed by atoms with Crippen molar-refractivity contribution in [1.29, 1.82) is 0 Å². The fourth-order valence-corrected chi connectivity index (χ4v) is 4.45. The number of nitrogens with one attached hydrogen (secondary N) is 2. The first kappa shape index (κ1) is 24.3. The monoisotopic (exact) mass is 453 g/mol. The van der Waals surface area contributed by atoms with Gasteiger partial charge >= 0.3 is 0 Å². The Bertz CT molecular complexity index is 838. The quantitative estimate of drug-likeness (QED) is 0.684. The van der Waals surface area contributed by atoms with Gasteiger partial charge in [0, 0.05) is 30.7 Å². The van der Waals surface area contributed by atoms with E-state index in [0.717, 1.165) is 43.6 Å². The highest BCUT2D eigenvalue weighted by Crippen LogP contribution is 2.44. The van der Waals surface area contributed by atoms with Crippen molar-refractivity contribution in [3.8, 4) is 11.5 Å². The Morgan fingerprint density at radius 2 is 2.00 bits per heavy atom. The highest BCUT2D eigenvalue weighted by molar-refractivity contribution is 5.96. The highest BCUT2D eigenvalue weighted by atomic mass is 35.5. The lowest BCUT2D eigenvalue weighted by molar-refractivity contribution is -0.128. The van der Waals surface area contributed by atoms with E-state index in [9.17, 15) is 4.79 Å². The Kier molecular flexibility index (Phi) is 8.77. The lowest BCUT2D eigenvalue weighted by Gasteiger charge is -2.37. The number of carbonyl (C=O) groups excluding carboxylic acids is 1. The lowest BCUT2D eigenvalue weighted by atomic mass is 9.67. The largest absolute Gasteiger partial charge is 0.493 e. The molecular weight excluding hydrogens is 425 g/mol. The summed E-state index contributed by atoms with van der Waals surface area (Å²) in [5.74, 6) is 1.80. The zero-order valence-electron chi connectivity index (χ0n) is 17.1. The molecular formula is C22H29Cl2N3O3. The maximum Gasteiger partial charge on any atom is 0.232 e. The summed E-state index contributed by atoms with van der Waals surface area (Å²) in [6.45, 7) is 2.12. The SMILES string of the molecule is COc1ccc(NC(=O)[C@@]23CCCC[C@H]2CNC3)cc1OCc1ccncc1.Cl.Cl. The summed E-state index contributed by atoms with van der Waals surface area (Å²) in [5, 5.41) is 6.57. The highest BCUT2D eigenvalue weighted by Gasteiger charge is 2.49. The third-order valence-electron chi connectivity index (χ3n) is 6.06. The summed E-state index contributed by atoms with van der Waals surface area (Å²) < 4.78 is 11.4. The molecule has 1 aliphatic heterocycles. The minimum absolute atomic E-state index is 0. The fraction of sp³-hybridized carbons (Fsp3) is 0.455. The normalized spacial score (nSPS) is 22.1. The molecule has 2 aliphatic rings. The van der Waals surface area contributed by atoms with Crippen molar-refractivity contribution < 1.29 is 14.3 Å². The number of benzene rings is 1. The molecule has 2 N–H and O–H groups in total. The number of hydrogen-bond acceptors (Lipinski definition) is 5. The second kappa shape index (κ2) is 10.8. The summed E-state index contributed by atoms with van der Waals surface area (Å²) in [4.78, 5) is 17.2.